The van der Waals surface area contributed by atoms with Crippen molar-refractivity contribution in [3.8, 4) is 11.4 Å². The van der Waals surface area contributed by atoms with Crippen LogP contribution in [0.2, 0.25) is 0 Å². The maximum absolute atomic E-state index is 14.1. The third-order valence-corrected chi connectivity index (χ3v) is 10.6. The van der Waals surface area contributed by atoms with E-state index in [0.717, 1.165) is 18.4 Å². The number of nitrogens with zero attached hydrogens (tertiary/aromatic N) is 3. The summed E-state index contributed by atoms with van der Waals surface area (Å²) in [5.41, 5.74) is 2.53. The van der Waals surface area contributed by atoms with E-state index in [-0.39, 0.29) is 44.6 Å². The average Bonchev–Trinajstić information content (AvgIpc) is 3.48. The molecule has 1 aliphatic rings. The van der Waals surface area contributed by atoms with Gasteiger partial charge >= 0.3 is 5.97 Å². The van der Waals surface area contributed by atoms with Crippen LogP contribution in [0.25, 0.3) is 21.9 Å². The number of ether oxygens (including phenoxy) is 1. The van der Waals surface area contributed by atoms with Crippen LogP contribution in [0.4, 0.5) is 5.69 Å². The molecule has 0 saturated heterocycles. The van der Waals surface area contributed by atoms with Gasteiger partial charge in [-0.15, -0.1) is 0 Å². The number of benzene rings is 2. The Morgan fingerprint density at radius 2 is 1.93 bits per heavy atom. The first-order valence-electron chi connectivity index (χ1n) is 13.9. The van der Waals surface area contributed by atoms with Crippen molar-refractivity contribution in [3.63, 3.8) is 0 Å². The number of carbonyl (C=O) groups excluding carboxylic acids is 1. The molecule has 2 atom stereocenters. The van der Waals surface area contributed by atoms with E-state index in [0.29, 0.717) is 29.3 Å². The van der Waals surface area contributed by atoms with Crippen LogP contribution in [-0.4, -0.2) is 35.4 Å². The van der Waals surface area contributed by atoms with Gasteiger partial charge in [-0.2, -0.15) is 4.21 Å². The highest BCUT2D eigenvalue weighted by atomic mass is 32.3. The van der Waals surface area contributed by atoms with Crippen LogP contribution in [0.5, 0.6) is 0 Å². The molecule has 0 spiro atoms. The Morgan fingerprint density at radius 1 is 1.22 bits per heavy atom. The topological polar surface area (TPSA) is 127 Å². The molecule has 41 heavy (non-hydrogen) atoms. The molecule has 216 valence electrons. The van der Waals surface area contributed by atoms with Gasteiger partial charge in [-0.1, -0.05) is 61.5 Å². The molecule has 0 aliphatic heterocycles. The largest absolute Gasteiger partial charge is 0.459 e. The third-order valence-electron chi connectivity index (χ3n) is 8.23. The smallest absolute Gasteiger partial charge is 0.331 e. The SMILES string of the molecule is [C-]#[N+]c1cn2[nH]c(-c3cccc(S(N)(=O)(O)c4cc(C)ccc4CC)c3)nc2c1C(=O)OC1C(C)CC(C)CC1C. The summed E-state index contributed by atoms with van der Waals surface area (Å²) in [6, 6.07) is 11.8. The number of fused-ring (bicyclic) bond motifs is 1. The molecule has 2 unspecified atom stereocenters. The van der Waals surface area contributed by atoms with E-state index in [1.165, 1.54) is 22.8 Å². The number of esters is 1. The quantitative estimate of drug-likeness (QED) is 0.177. The second-order valence-corrected chi connectivity index (χ2v) is 14.5. The van der Waals surface area contributed by atoms with Gasteiger partial charge in [0.15, 0.2) is 11.5 Å². The summed E-state index contributed by atoms with van der Waals surface area (Å²) in [6.07, 6.45) is 3.77. The van der Waals surface area contributed by atoms with Crippen molar-refractivity contribution in [3.05, 3.63) is 76.8 Å². The van der Waals surface area contributed by atoms with E-state index < -0.39 is 15.5 Å². The lowest BCUT2D eigenvalue weighted by atomic mass is 9.75. The summed E-state index contributed by atoms with van der Waals surface area (Å²) in [5.74, 6) is 0.772. The molecule has 1 fully saturated rings. The number of carbonyl (C=O) groups is 1. The standard InChI is InChI=1S/C31H37N5O4S/c1-7-22-12-11-18(2)15-26(22)41(32,38,39)24-10-8-9-23(16-24)29-34-30-27(25(33-6)17-36(30)35-29)31(37)40-28-20(4)13-19(3)14-21(28)5/h8-12,15-17,19-21,28H,7,13-14H2,1-5H3,(H,34,35)(H3,32,38,39). The van der Waals surface area contributed by atoms with Gasteiger partial charge in [0, 0.05) is 11.8 Å². The lowest BCUT2D eigenvalue weighted by Gasteiger charge is -2.40. The van der Waals surface area contributed by atoms with Gasteiger partial charge in [-0.3, -0.25) is 14.2 Å². The van der Waals surface area contributed by atoms with Crippen molar-refractivity contribution in [2.24, 2.45) is 22.9 Å². The Bertz CT molecular complexity index is 1750. The lowest BCUT2D eigenvalue weighted by molar-refractivity contribution is -0.0249. The zero-order chi connectivity index (χ0) is 29.7. The number of nitrogens with two attached hydrogens (primary N) is 1. The first-order chi connectivity index (χ1) is 19.3. The molecule has 4 aromatic rings. The van der Waals surface area contributed by atoms with Gasteiger partial charge in [0.05, 0.1) is 16.4 Å². The number of aromatic amines is 1. The fourth-order valence-corrected chi connectivity index (χ4v) is 8.36. The molecule has 0 bridgehead atoms. The molecular weight excluding hydrogens is 538 g/mol. The predicted molar refractivity (Wildman–Crippen MR) is 159 cm³/mol. The Balaban J connectivity index is 1.53. The first kappa shape index (κ1) is 28.7. The second kappa shape index (κ2) is 10.2. The van der Waals surface area contributed by atoms with Crippen LogP contribution in [-0.2, 0) is 20.7 Å². The molecule has 1 saturated carbocycles. The van der Waals surface area contributed by atoms with Crippen molar-refractivity contribution in [2.45, 2.75) is 69.8 Å². The Kier molecular flexibility index (Phi) is 7.18. The van der Waals surface area contributed by atoms with Crippen molar-refractivity contribution in [2.75, 3.05) is 0 Å². The number of hydrogen-bond donors (Lipinski definition) is 3. The minimum atomic E-state index is -4.93. The predicted octanol–water partition coefficient (Wildman–Crippen LogP) is 6.56. The van der Waals surface area contributed by atoms with E-state index in [1.54, 1.807) is 18.2 Å². The number of H-pyrrole nitrogens is 1. The van der Waals surface area contributed by atoms with Gasteiger partial charge in [-0.25, -0.2) is 19.8 Å². The normalized spacial score (nSPS) is 22.1. The second-order valence-electron chi connectivity index (χ2n) is 11.6. The number of hydrogen-bond acceptors (Lipinski definition) is 4. The number of nitrogens with one attached hydrogen (secondary N) is 1. The molecule has 0 radical (unpaired) electrons. The van der Waals surface area contributed by atoms with Crippen LogP contribution in [0.3, 0.4) is 0 Å². The van der Waals surface area contributed by atoms with Crippen LogP contribution < -0.4 is 5.14 Å². The van der Waals surface area contributed by atoms with Crippen LogP contribution in [0.1, 0.15) is 62.0 Å². The van der Waals surface area contributed by atoms with Crippen molar-refractivity contribution < 1.29 is 18.3 Å². The third kappa shape index (κ3) is 5.10. The van der Waals surface area contributed by atoms with Crippen molar-refractivity contribution in [1.29, 1.82) is 0 Å². The molecule has 2 aromatic carbocycles. The lowest BCUT2D eigenvalue weighted by Crippen LogP contribution is -2.43. The highest BCUT2D eigenvalue weighted by molar-refractivity contribution is 8.13. The van der Waals surface area contributed by atoms with Gasteiger partial charge in [-0.05, 0) is 73.3 Å². The Labute approximate surface area is 240 Å². The molecule has 2 aromatic heterocycles. The first-order valence-corrected chi connectivity index (χ1v) is 15.9. The minimum absolute atomic E-state index is 0.0527. The van der Waals surface area contributed by atoms with Gasteiger partial charge in [0.1, 0.15) is 11.7 Å². The summed E-state index contributed by atoms with van der Waals surface area (Å²) in [4.78, 5) is 21.9. The van der Waals surface area contributed by atoms with Gasteiger partial charge in [0.2, 0.25) is 5.69 Å². The van der Waals surface area contributed by atoms with Crippen LogP contribution in [0, 0.1) is 31.2 Å². The average molecular weight is 576 g/mol. The van der Waals surface area contributed by atoms with Gasteiger partial charge in [0.25, 0.3) is 0 Å². The maximum atomic E-state index is 14.1. The summed E-state index contributed by atoms with van der Waals surface area (Å²) in [7, 11) is -4.93. The van der Waals surface area contributed by atoms with E-state index in [2.05, 4.69) is 35.7 Å². The zero-order valence-corrected chi connectivity index (χ0v) is 24.9. The molecule has 4 N–H and O–H groups in total. The van der Waals surface area contributed by atoms with Crippen LogP contribution >= 0.6 is 0 Å². The van der Waals surface area contributed by atoms with E-state index in [9.17, 15) is 13.6 Å². The summed E-state index contributed by atoms with van der Waals surface area (Å²) >= 11 is 0. The zero-order valence-electron chi connectivity index (χ0n) is 24.0. The van der Waals surface area contributed by atoms with E-state index >= 15 is 0 Å². The summed E-state index contributed by atoms with van der Waals surface area (Å²) in [5, 5.41) is 9.44. The molecule has 2 heterocycles. The molecule has 9 nitrogen and oxygen atoms in total. The molecule has 1 aliphatic carbocycles. The van der Waals surface area contributed by atoms with E-state index in [4.69, 9.17) is 16.4 Å². The molecule has 0 amide bonds. The number of rotatable bonds is 6. The molecular formula is C31H37N5O4S. The molecule has 10 heteroatoms. The van der Waals surface area contributed by atoms with Crippen molar-refractivity contribution in [1.82, 2.24) is 14.6 Å². The molecule has 5 rings (SSSR count). The fraction of sp³-hybridized carbons (Fsp3) is 0.387. The van der Waals surface area contributed by atoms with Crippen LogP contribution in [0.15, 0.2) is 58.5 Å². The van der Waals surface area contributed by atoms with Crippen molar-refractivity contribution >= 4 is 26.8 Å². The van der Waals surface area contributed by atoms with E-state index in [1.807, 2.05) is 26.0 Å². The maximum Gasteiger partial charge on any atom is 0.331 e. The van der Waals surface area contributed by atoms with Gasteiger partial charge < -0.3 is 4.74 Å². The summed E-state index contributed by atoms with van der Waals surface area (Å²) < 4.78 is 33.2. The minimum Gasteiger partial charge on any atom is -0.459 e. The highest BCUT2D eigenvalue weighted by Crippen LogP contribution is 2.40. The Hall–Kier alpha value is -3.78. The summed E-state index contributed by atoms with van der Waals surface area (Å²) in [6.45, 7) is 17.8. The monoisotopic (exact) mass is 575 g/mol. The highest BCUT2D eigenvalue weighted by Gasteiger charge is 2.36. The number of aromatic nitrogens is 3. The fourth-order valence-electron chi connectivity index (χ4n) is 6.28. The Morgan fingerprint density at radius 3 is 2.59 bits per heavy atom. The number of aryl methyl sites for hydroxylation is 2.